The Bertz CT molecular complexity index is 1090. The molecule has 2 rings (SSSR count). The minimum atomic E-state index is -5.15. The third-order valence-corrected chi connectivity index (χ3v) is 4.88. The van der Waals surface area contributed by atoms with Gasteiger partial charge >= 0.3 is 6.18 Å². The number of hydrogen-bond donors (Lipinski definition) is 2. The standard InChI is InChI=1S/C24H24F3N3O5/c1-14(2)20(22(32)24(25,26)27)30-23(33)21(16-7-9-17(34-3)10-8-16)29-19(31)13-35-18-6-4-5-15(11-18)12-28/h4-11,14,20-21H,13H2,1-3H3,(H,29,31)(H,30,33)/t20-,21-/m0/s1. The second-order valence-corrected chi connectivity index (χ2v) is 7.79. The number of benzene rings is 2. The lowest BCUT2D eigenvalue weighted by Gasteiger charge is -2.26. The van der Waals surface area contributed by atoms with Gasteiger partial charge in [0.15, 0.2) is 6.61 Å². The number of nitrogens with zero attached hydrogens (tertiary/aromatic N) is 1. The highest BCUT2D eigenvalue weighted by Gasteiger charge is 2.45. The first kappa shape index (κ1) is 27.2. The van der Waals surface area contributed by atoms with Crippen molar-refractivity contribution in [3.8, 4) is 17.6 Å². The lowest BCUT2D eigenvalue weighted by molar-refractivity contribution is -0.175. The van der Waals surface area contributed by atoms with Crippen LogP contribution in [0.5, 0.6) is 11.5 Å². The molecule has 2 N–H and O–H groups in total. The molecule has 0 radical (unpaired) electrons. The number of methoxy groups -OCH3 is 1. The van der Waals surface area contributed by atoms with Gasteiger partial charge in [-0.2, -0.15) is 18.4 Å². The monoisotopic (exact) mass is 491 g/mol. The van der Waals surface area contributed by atoms with Crippen LogP contribution < -0.4 is 20.1 Å². The lowest BCUT2D eigenvalue weighted by atomic mass is 9.98. The molecule has 2 aromatic carbocycles. The van der Waals surface area contributed by atoms with E-state index >= 15 is 0 Å². The topological polar surface area (TPSA) is 118 Å². The van der Waals surface area contributed by atoms with E-state index in [4.69, 9.17) is 14.7 Å². The van der Waals surface area contributed by atoms with E-state index in [1.807, 2.05) is 6.07 Å². The summed E-state index contributed by atoms with van der Waals surface area (Å²) in [7, 11) is 1.43. The molecule has 0 aromatic heterocycles. The summed E-state index contributed by atoms with van der Waals surface area (Å²) in [5, 5.41) is 13.5. The van der Waals surface area contributed by atoms with E-state index in [1.165, 1.54) is 57.4 Å². The number of alkyl halides is 3. The normalized spacial score (nSPS) is 12.7. The largest absolute Gasteiger partial charge is 0.497 e. The molecule has 0 aliphatic carbocycles. The summed E-state index contributed by atoms with van der Waals surface area (Å²) in [6.45, 7) is 2.18. The Balaban J connectivity index is 2.23. The van der Waals surface area contributed by atoms with Crippen LogP contribution in [0.15, 0.2) is 48.5 Å². The molecule has 0 saturated carbocycles. The van der Waals surface area contributed by atoms with Crippen LogP contribution in [-0.4, -0.2) is 43.5 Å². The highest BCUT2D eigenvalue weighted by atomic mass is 19.4. The zero-order valence-electron chi connectivity index (χ0n) is 19.2. The third kappa shape index (κ3) is 7.74. The Morgan fingerprint density at radius 3 is 2.23 bits per heavy atom. The highest BCUT2D eigenvalue weighted by molar-refractivity contribution is 5.95. The quantitative estimate of drug-likeness (QED) is 0.528. The summed E-state index contributed by atoms with van der Waals surface area (Å²) in [4.78, 5) is 37.4. The SMILES string of the molecule is COc1ccc([C@H](NC(=O)COc2cccc(C#N)c2)C(=O)N[C@H](C(=O)C(F)(F)F)C(C)C)cc1. The van der Waals surface area contributed by atoms with Gasteiger partial charge in [-0.3, -0.25) is 14.4 Å². The fourth-order valence-electron chi connectivity index (χ4n) is 3.05. The first-order valence-corrected chi connectivity index (χ1v) is 10.4. The number of ether oxygens (including phenoxy) is 2. The van der Waals surface area contributed by atoms with Gasteiger partial charge in [0.05, 0.1) is 24.8 Å². The number of halogens is 3. The van der Waals surface area contributed by atoms with Crippen molar-refractivity contribution >= 4 is 17.6 Å². The van der Waals surface area contributed by atoms with Crippen molar-refractivity contribution in [2.75, 3.05) is 13.7 Å². The molecule has 0 aliphatic heterocycles. The summed E-state index contributed by atoms with van der Waals surface area (Å²) >= 11 is 0. The van der Waals surface area contributed by atoms with Gasteiger partial charge in [0.1, 0.15) is 17.5 Å². The number of hydrogen-bond acceptors (Lipinski definition) is 6. The zero-order chi connectivity index (χ0) is 26.2. The molecule has 0 saturated heterocycles. The molecule has 35 heavy (non-hydrogen) atoms. The molecule has 0 spiro atoms. The Morgan fingerprint density at radius 1 is 1.03 bits per heavy atom. The van der Waals surface area contributed by atoms with Crippen molar-refractivity contribution in [2.45, 2.75) is 32.1 Å². The molecular weight excluding hydrogens is 467 g/mol. The van der Waals surface area contributed by atoms with Gasteiger partial charge in [0.2, 0.25) is 5.91 Å². The van der Waals surface area contributed by atoms with Gasteiger partial charge in [-0.1, -0.05) is 32.0 Å². The van der Waals surface area contributed by atoms with Crippen LogP contribution in [0.2, 0.25) is 0 Å². The maximum absolute atomic E-state index is 13.0. The van der Waals surface area contributed by atoms with Crippen LogP contribution in [0.25, 0.3) is 0 Å². The summed E-state index contributed by atoms with van der Waals surface area (Å²) in [6.07, 6.45) is -5.15. The number of carbonyl (C=O) groups excluding carboxylic acids is 3. The molecule has 0 unspecified atom stereocenters. The van der Waals surface area contributed by atoms with E-state index < -0.39 is 48.4 Å². The average molecular weight is 491 g/mol. The van der Waals surface area contributed by atoms with Crippen molar-refractivity contribution in [2.24, 2.45) is 5.92 Å². The van der Waals surface area contributed by atoms with E-state index in [1.54, 1.807) is 12.1 Å². The van der Waals surface area contributed by atoms with Crippen LogP contribution in [0, 0.1) is 17.2 Å². The van der Waals surface area contributed by atoms with Crippen molar-refractivity contribution in [3.63, 3.8) is 0 Å². The number of Topliss-reactive ketones (excluding diaryl/α,β-unsaturated/α-hetero) is 1. The predicted molar refractivity (Wildman–Crippen MR) is 118 cm³/mol. The van der Waals surface area contributed by atoms with Crippen molar-refractivity contribution < 1.29 is 37.0 Å². The fourth-order valence-corrected chi connectivity index (χ4v) is 3.05. The van der Waals surface area contributed by atoms with Crippen LogP contribution >= 0.6 is 0 Å². The molecule has 0 fully saturated rings. The van der Waals surface area contributed by atoms with E-state index in [9.17, 15) is 27.6 Å². The predicted octanol–water partition coefficient (Wildman–Crippen LogP) is 3.08. The van der Waals surface area contributed by atoms with Crippen molar-refractivity contribution in [3.05, 3.63) is 59.7 Å². The maximum Gasteiger partial charge on any atom is 0.452 e. The molecule has 11 heteroatoms. The first-order chi connectivity index (χ1) is 16.5. The van der Waals surface area contributed by atoms with Crippen molar-refractivity contribution in [1.29, 1.82) is 5.26 Å². The number of rotatable bonds is 10. The van der Waals surface area contributed by atoms with Crippen molar-refractivity contribution in [1.82, 2.24) is 10.6 Å². The van der Waals surface area contributed by atoms with Gasteiger partial charge in [0, 0.05) is 0 Å². The van der Waals surface area contributed by atoms with Gasteiger partial charge in [-0.05, 0) is 41.8 Å². The summed E-state index contributed by atoms with van der Waals surface area (Å²) in [5.74, 6) is -4.04. The van der Waals surface area contributed by atoms with Gasteiger partial charge in [0.25, 0.3) is 11.7 Å². The minimum absolute atomic E-state index is 0.236. The summed E-state index contributed by atoms with van der Waals surface area (Å²) in [6, 6.07) is 10.6. The summed E-state index contributed by atoms with van der Waals surface area (Å²) < 4.78 is 49.5. The molecule has 0 aliphatic rings. The number of nitriles is 1. The molecule has 8 nitrogen and oxygen atoms in total. The molecule has 0 heterocycles. The average Bonchev–Trinajstić information content (AvgIpc) is 2.83. The van der Waals surface area contributed by atoms with Crippen LogP contribution in [0.1, 0.15) is 31.0 Å². The third-order valence-electron chi connectivity index (χ3n) is 4.88. The minimum Gasteiger partial charge on any atom is -0.497 e. The lowest BCUT2D eigenvalue weighted by Crippen LogP contribution is -2.53. The summed E-state index contributed by atoms with van der Waals surface area (Å²) in [5.41, 5.74) is 0.553. The highest BCUT2D eigenvalue weighted by Crippen LogP contribution is 2.23. The Hall–Kier alpha value is -4.07. The van der Waals surface area contributed by atoms with Crippen LogP contribution in [0.4, 0.5) is 13.2 Å². The second-order valence-electron chi connectivity index (χ2n) is 7.79. The van der Waals surface area contributed by atoms with Gasteiger partial charge in [-0.25, -0.2) is 0 Å². The Kier molecular flexibility index (Phi) is 9.22. The molecule has 2 aromatic rings. The van der Waals surface area contributed by atoms with E-state index in [2.05, 4.69) is 10.6 Å². The Labute approximate surface area is 200 Å². The number of nitrogens with one attached hydrogen (secondary N) is 2. The number of amides is 2. The van der Waals surface area contributed by atoms with Crippen LogP contribution in [0.3, 0.4) is 0 Å². The van der Waals surface area contributed by atoms with Crippen LogP contribution in [-0.2, 0) is 14.4 Å². The first-order valence-electron chi connectivity index (χ1n) is 10.4. The zero-order valence-corrected chi connectivity index (χ0v) is 19.2. The van der Waals surface area contributed by atoms with Gasteiger partial charge < -0.3 is 20.1 Å². The number of ketones is 1. The number of carbonyl (C=O) groups is 3. The molecule has 2 atom stereocenters. The smallest absolute Gasteiger partial charge is 0.452 e. The second kappa shape index (κ2) is 11.9. The molecular formula is C24H24F3N3O5. The van der Waals surface area contributed by atoms with E-state index in [0.717, 1.165) is 0 Å². The Morgan fingerprint density at radius 2 is 1.69 bits per heavy atom. The van der Waals surface area contributed by atoms with Gasteiger partial charge in [-0.15, -0.1) is 0 Å². The molecule has 0 bridgehead atoms. The van der Waals surface area contributed by atoms with E-state index in [-0.39, 0.29) is 11.3 Å². The maximum atomic E-state index is 13.0. The molecule has 186 valence electrons. The fraction of sp³-hybridized carbons (Fsp3) is 0.333. The molecule has 2 amide bonds. The van der Waals surface area contributed by atoms with E-state index in [0.29, 0.717) is 11.3 Å².